The molecule has 0 radical (unpaired) electrons. The van der Waals surface area contributed by atoms with Crippen molar-refractivity contribution in [1.29, 1.82) is 0 Å². The van der Waals surface area contributed by atoms with Gasteiger partial charge in [0.15, 0.2) is 0 Å². The molecule has 1 aromatic carbocycles. The van der Waals surface area contributed by atoms with Crippen molar-refractivity contribution in [1.82, 2.24) is 9.80 Å². The molecular weight excluding hydrogens is 294 g/mol. The molecule has 2 unspecified atom stereocenters. The van der Waals surface area contributed by atoms with Gasteiger partial charge in [-0.1, -0.05) is 18.2 Å². The zero-order valence-corrected chi connectivity index (χ0v) is 13.6. The van der Waals surface area contributed by atoms with Crippen LogP contribution >= 0.6 is 0 Å². The molecule has 124 valence electrons. The number of hydrogen-bond donors (Lipinski definition) is 0. The number of benzene rings is 1. The van der Waals surface area contributed by atoms with E-state index in [1.54, 1.807) is 14.7 Å². The SMILES string of the molecule is CC1CN(C(=O)CN2CCN(c3ccccc3)C2=O)CC(C)O1. The van der Waals surface area contributed by atoms with E-state index in [9.17, 15) is 9.59 Å². The number of para-hydroxylation sites is 1. The third-order valence-electron chi connectivity index (χ3n) is 4.26. The number of nitrogens with zero attached hydrogens (tertiary/aromatic N) is 3. The molecule has 3 amide bonds. The summed E-state index contributed by atoms with van der Waals surface area (Å²) in [6.07, 6.45) is 0.0793. The lowest BCUT2D eigenvalue weighted by Gasteiger charge is -2.36. The summed E-state index contributed by atoms with van der Waals surface area (Å²) in [5.41, 5.74) is 0.876. The molecule has 0 saturated carbocycles. The highest BCUT2D eigenvalue weighted by Crippen LogP contribution is 2.20. The lowest BCUT2D eigenvalue weighted by molar-refractivity contribution is -0.143. The molecule has 2 heterocycles. The van der Waals surface area contributed by atoms with E-state index in [1.807, 2.05) is 44.2 Å². The predicted molar refractivity (Wildman–Crippen MR) is 87.3 cm³/mol. The fourth-order valence-corrected chi connectivity index (χ4v) is 3.22. The molecule has 0 N–H and O–H groups in total. The largest absolute Gasteiger partial charge is 0.372 e. The van der Waals surface area contributed by atoms with Crippen molar-refractivity contribution in [2.24, 2.45) is 0 Å². The van der Waals surface area contributed by atoms with Crippen LogP contribution in [0.1, 0.15) is 13.8 Å². The first kappa shape index (κ1) is 15.8. The summed E-state index contributed by atoms with van der Waals surface area (Å²) >= 11 is 0. The van der Waals surface area contributed by atoms with E-state index >= 15 is 0 Å². The average molecular weight is 317 g/mol. The van der Waals surface area contributed by atoms with Gasteiger partial charge in [0.25, 0.3) is 0 Å². The van der Waals surface area contributed by atoms with Gasteiger partial charge in [0.1, 0.15) is 6.54 Å². The summed E-state index contributed by atoms with van der Waals surface area (Å²) < 4.78 is 5.65. The van der Waals surface area contributed by atoms with Crippen LogP contribution < -0.4 is 4.90 Å². The van der Waals surface area contributed by atoms with Crippen molar-refractivity contribution in [3.05, 3.63) is 30.3 Å². The second-order valence-electron chi connectivity index (χ2n) is 6.25. The number of urea groups is 1. The highest BCUT2D eigenvalue weighted by atomic mass is 16.5. The Kier molecular flexibility index (Phi) is 4.52. The highest BCUT2D eigenvalue weighted by Gasteiger charge is 2.33. The second-order valence-corrected chi connectivity index (χ2v) is 6.25. The number of amides is 3. The summed E-state index contributed by atoms with van der Waals surface area (Å²) in [6.45, 7) is 6.45. The highest BCUT2D eigenvalue weighted by molar-refractivity contribution is 5.96. The second kappa shape index (κ2) is 6.58. The molecule has 0 spiro atoms. The van der Waals surface area contributed by atoms with Crippen molar-refractivity contribution >= 4 is 17.6 Å². The van der Waals surface area contributed by atoms with E-state index in [1.165, 1.54) is 0 Å². The smallest absolute Gasteiger partial charge is 0.325 e. The van der Waals surface area contributed by atoms with Gasteiger partial charge in [0.2, 0.25) is 5.91 Å². The summed E-state index contributed by atoms with van der Waals surface area (Å²) in [7, 11) is 0. The van der Waals surface area contributed by atoms with Crippen molar-refractivity contribution in [2.75, 3.05) is 37.6 Å². The minimum absolute atomic E-state index is 0.00439. The predicted octanol–water partition coefficient (Wildman–Crippen LogP) is 1.56. The Morgan fingerprint density at radius 1 is 1.13 bits per heavy atom. The van der Waals surface area contributed by atoms with Gasteiger partial charge in [0, 0.05) is 31.9 Å². The Bertz CT molecular complexity index is 568. The van der Waals surface area contributed by atoms with E-state index in [-0.39, 0.29) is 30.7 Å². The Labute approximate surface area is 136 Å². The quantitative estimate of drug-likeness (QED) is 0.850. The molecule has 2 aliphatic rings. The molecule has 0 aromatic heterocycles. The van der Waals surface area contributed by atoms with E-state index < -0.39 is 0 Å². The Hall–Kier alpha value is -2.08. The first-order valence-corrected chi connectivity index (χ1v) is 8.09. The molecule has 0 aliphatic carbocycles. The van der Waals surface area contributed by atoms with Gasteiger partial charge in [-0.25, -0.2) is 4.79 Å². The molecule has 0 bridgehead atoms. The minimum Gasteiger partial charge on any atom is -0.372 e. The third-order valence-corrected chi connectivity index (χ3v) is 4.26. The number of ether oxygens (including phenoxy) is 1. The minimum atomic E-state index is -0.0982. The van der Waals surface area contributed by atoms with Crippen molar-refractivity contribution in [3.8, 4) is 0 Å². The topological polar surface area (TPSA) is 53.1 Å². The molecule has 2 aliphatic heterocycles. The van der Waals surface area contributed by atoms with Crippen LogP contribution in [0.2, 0.25) is 0 Å². The number of morpholine rings is 1. The molecule has 3 rings (SSSR count). The van der Waals surface area contributed by atoms with Crippen LogP contribution in [-0.2, 0) is 9.53 Å². The average Bonchev–Trinajstić information content (AvgIpc) is 2.88. The molecule has 1 aromatic rings. The van der Waals surface area contributed by atoms with Gasteiger partial charge in [-0.05, 0) is 26.0 Å². The van der Waals surface area contributed by atoms with Gasteiger partial charge >= 0.3 is 6.03 Å². The summed E-state index contributed by atoms with van der Waals surface area (Å²) in [4.78, 5) is 30.1. The lowest BCUT2D eigenvalue weighted by Crippen LogP contribution is -2.51. The molecule has 2 fully saturated rings. The maximum Gasteiger partial charge on any atom is 0.325 e. The van der Waals surface area contributed by atoms with Crippen LogP contribution in [0.4, 0.5) is 10.5 Å². The number of hydrogen-bond acceptors (Lipinski definition) is 3. The van der Waals surface area contributed by atoms with E-state index in [0.717, 1.165) is 5.69 Å². The van der Waals surface area contributed by atoms with Crippen LogP contribution in [0, 0.1) is 0 Å². The standard InChI is InChI=1S/C17H23N3O3/c1-13-10-19(11-14(2)23-13)16(21)12-18-8-9-20(17(18)22)15-6-4-3-5-7-15/h3-7,13-14H,8-12H2,1-2H3. The first-order chi connectivity index (χ1) is 11.0. The fourth-order valence-electron chi connectivity index (χ4n) is 3.22. The molecule has 2 atom stereocenters. The Balaban J connectivity index is 1.60. The van der Waals surface area contributed by atoms with Crippen LogP contribution in [0.25, 0.3) is 0 Å². The first-order valence-electron chi connectivity index (χ1n) is 8.09. The van der Waals surface area contributed by atoms with Crippen molar-refractivity contribution in [2.45, 2.75) is 26.1 Å². The zero-order chi connectivity index (χ0) is 16.4. The normalized spacial score (nSPS) is 25.1. The zero-order valence-electron chi connectivity index (χ0n) is 13.6. The maximum atomic E-state index is 12.5. The van der Waals surface area contributed by atoms with Crippen molar-refractivity contribution < 1.29 is 14.3 Å². The summed E-state index contributed by atoms with van der Waals surface area (Å²) in [5, 5.41) is 0. The molecule has 6 heteroatoms. The molecule has 2 saturated heterocycles. The van der Waals surface area contributed by atoms with Gasteiger partial charge in [0.05, 0.1) is 12.2 Å². The van der Waals surface area contributed by atoms with Crippen LogP contribution in [0.3, 0.4) is 0 Å². The van der Waals surface area contributed by atoms with Crippen LogP contribution in [0.15, 0.2) is 30.3 Å². The summed E-state index contributed by atoms with van der Waals surface area (Å²) in [6, 6.07) is 9.47. The number of rotatable bonds is 3. The monoisotopic (exact) mass is 317 g/mol. The van der Waals surface area contributed by atoms with Gasteiger partial charge < -0.3 is 14.5 Å². The van der Waals surface area contributed by atoms with Crippen molar-refractivity contribution in [3.63, 3.8) is 0 Å². The van der Waals surface area contributed by atoms with E-state index in [0.29, 0.717) is 26.2 Å². The molecule has 23 heavy (non-hydrogen) atoms. The van der Waals surface area contributed by atoms with E-state index in [2.05, 4.69) is 0 Å². The Morgan fingerprint density at radius 3 is 2.43 bits per heavy atom. The van der Waals surface area contributed by atoms with Crippen LogP contribution in [0.5, 0.6) is 0 Å². The number of carbonyl (C=O) groups excluding carboxylic acids is 2. The lowest BCUT2D eigenvalue weighted by atomic mass is 10.2. The third kappa shape index (κ3) is 3.47. The van der Waals surface area contributed by atoms with Crippen LogP contribution in [-0.4, -0.2) is 66.7 Å². The fraction of sp³-hybridized carbons (Fsp3) is 0.529. The molecule has 6 nitrogen and oxygen atoms in total. The van der Waals surface area contributed by atoms with E-state index in [4.69, 9.17) is 4.74 Å². The molecular formula is C17H23N3O3. The number of carbonyl (C=O) groups is 2. The summed E-state index contributed by atoms with van der Waals surface area (Å²) in [5.74, 6) is -0.00439. The van der Waals surface area contributed by atoms with Gasteiger partial charge in [-0.3, -0.25) is 9.69 Å². The van der Waals surface area contributed by atoms with Gasteiger partial charge in [-0.2, -0.15) is 0 Å². The maximum absolute atomic E-state index is 12.5. The Morgan fingerprint density at radius 2 is 1.78 bits per heavy atom. The van der Waals surface area contributed by atoms with Gasteiger partial charge in [-0.15, -0.1) is 0 Å². The number of anilines is 1.